The van der Waals surface area contributed by atoms with Crippen molar-refractivity contribution in [3.63, 3.8) is 0 Å². The molecule has 0 fully saturated rings. The summed E-state index contributed by atoms with van der Waals surface area (Å²) in [5, 5.41) is 14.9. The van der Waals surface area contributed by atoms with Crippen LogP contribution in [-0.4, -0.2) is 46.3 Å². The first-order valence-corrected chi connectivity index (χ1v) is 11.5. The average Bonchev–Trinajstić information content (AvgIpc) is 3.35. The van der Waals surface area contributed by atoms with Gasteiger partial charge in [-0.2, -0.15) is 10.2 Å². The van der Waals surface area contributed by atoms with Gasteiger partial charge in [0.1, 0.15) is 9.84 Å². The zero-order valence-corrected chi connectivity index (χ0v) is 17.1. The van der Waals surface area contributed by atoms with Gasteiger partial charge < -0.3 is 5.32 Å². The van der Waals surface area contributed by atoms with Gasteiger partial charge >= 0.3 is 0 Å². The normalized spacial score (nSPS) is 12.7. The van der Waals surface area contributed by atoms with Crippen LogP contribution in [0.3, 0.4) is 0 Å². The second kappa shape index (κ2) is 8.11. The Morgan fingerprint density at radius 3 is 2.63 bits per heavy atom. The maximum Gasteiger partial charge on any atom is 0.276 e. The average molecular weight is 423 g/mol. The molecule has 2 N–H and O–H groups in total. The zero-order valence-electron chi connectivity index (χ0n) is 16.3. The lowest BCUT2D eigenvalue weighted by Gasteiger charge is -2.17. The lowest BCUT2D eigenvalue weighted by Crippen LogP contribution is -2.16. The fourth-order valence-electron chi connectivity index (χ4n) is 3.35. The van der Waals surface area contributed by atoms with Crippen molar-refractivity contribution in [1.29, 1.82) is 0 Å². The van der Waals surface area contributed by atoms with Crippen LogP contribution in [-0.2, 0) is 9.84 Å². The van der Waals surface area contributed by atoms with E-state index in [4.69, 9.17) is 0 Å². The van der Waals surface area contributed by atoms with Crippen LogP contribution in [0.15, 0.2) is 67.0 Å². The molecule has 0 spiro atoms. The summed E-state index contributed by atoms with van der Waals surface area (Å²) in [4.78, 5) is 12.7. The minimum Gasteiger partial charge on any atom is -0.318 e. The lowest BCUT2D eigenvalue weighted by molar-refractivity contribution is 0.102. The molecule has 0 saturated heterocycles. The molecule has 9 heteroatoms. The number of nitrogens with one attached hydrogen (secondary N) is 2. The number of aromatic amines is 1. The quantitative estimate of drug-likeness (QED) is 0.475. The number of rotatable bonds is 7. The monoisotopic (exact) mass is 423 g/mol. The van der Waals surface area contributed by atoms with E-state index >= 15 is 0 Å². The summed E-state index contributed by atoms with van der Waals surface area (Å²) in [7, 11) is -3.12. The summed E-state index contributed by atoms with van der Waals surface area (Å²) in [6.07, 6.45) is 4.84. The Balaban J connectivity index is 1.57. The van der Waals surface area contributed by atoms with Gasteiger partial charge in [-0.15, -0.1) is 0 Å². The molecule has 0 radical (unpaired) electrons. The summed E-state index contributed by atoms with van der Waals surface area (Å²) in [5.41, 5.74) is 2.53. The van der Waals surface area contributed by atoms with Crippen molar-refractivity contribution >= 4 is 32.3 Å². The van der Waals surface area contributed by atoms with Gasteiger partial charge in [-0.1, -0.05) is 48.5 Å². The number of H-pyrrole nitrogens is 1. The van der Waals surface area contributed by atoms with Gasteiger partial charge in [-0.3, -0.25) is 14.6 Å². The molecule has 30 heavy (non-hydrogen) atoms. The predicted molar refractivity (Wildman–Crippen MR) is 115 cm³/mol. The molecule has 154 valence electrons. The number of amides is 1. The molecule has 4 rings (SSSR count). The zero-order chi connectivity index (χ0) is 21.1. The van der Waals surface area contributed by atoms with Gasteiger partial charge in [-0.25, -0.2) is 8.42 Å². The number of carbonyl (C=O) groups excluding carboxylic acids is 1. The van der Waals surface area contributed by atoms with Crippen molar-refractivity contribution in [2.24, 2.45) is 0 Å². The first-order chi connectivity index (χ1) is 14.4. The Hall–Kier alpha value is -3.46. The van der Waals surface area contributed by atoms with E-state index < -0.39 is 9.84 Å². The Bertz CT molecular complexity index is 1280. The highest BCUT2D eigenvalue weighted by Crippen LogP contribution is 2.24. The number of carbonyl (C=O) groups is 1. The molecule has 2 heterocycles. The SMILES string of the molecule is CS(=O)(=O)CCC(c1ccccc1)n1cc(NC(=O)c2n[nH]c3ccccc23)cn1. The largest absolute Gasteiger partial charge is 0.318 e. The molecule has 0 aliphatic heterocycles. The predicted octanol–water partition coefficient (Wildman–Crippen LogP) is 3.04. The number of anilines is 1. The molecule has 1 unspecified atom stereocenters. The highest BCUT2D eigenvalue weighted by atomic mass is 32.2. The summed E-state index contributed by atoms with van der Waals surface area (Å²) in [5.74, 6) is -0.313. The van der Waals surface area contributed by atoms with Gasteiger partial charge in [0.25, 0.3) is 5.91 Å². The second-order valence-corrected chi connectivity index (χ2v) is 9.39. The van der Waals surface area contributed by atoms with Crippen LogP contribution in [0.25, 0.3) is 10.9 Å². The second-order valence-electron chi connectivity index (χ2n) is 7.13. The lowest BCUT2D eigenvalue weighted by atomic mass is 10.1. The smallest absolute Gasteiger partial charge is 0.276 e. The summed E-state index contributed by atoms with van der Waals surface area (Å²) >= 11 is 0. The molecule has 0 aliphatic carbocycles. The number of sulfone groups is 1. The number of nitrogens with zero attached hydrogens (tertiary/aromatic N) is 3. The van der Waals surface area contributed by atoms with Crippen molar-refractivity contribution in [2.75, 3.05) is 17.3 Å². The first-order valence-electron chi connectivity index (χ1n) is 9.42. The summed E-state index contributed by atoms with van der Waals surface area (Å²) < 4.78 is 25.1. The van der Waals surface area contributed by atoms with Gasteiger partial charge in [0.05, 0.1) is 29.2 Å². The van der Waals surface area contributed by atoms with Crippen LogP contribution in [0.1, 0.15) is 28.5 Å². The Morgan fingerprint density at radius 2 is 1.87 bits per heavy atom. The Morgan fingerprint density at radius 1 is 1.13 bits per heavy atom. The van der Waals surface area contributed by atoms with E-state index in [1.807, 2.05) is 54.6 Å². The van der Waals surface area contributed by atoms with Crippen LogP contribution >= 0.6 is 0 Å². The third kappa shape index (κ3) is 4.41. The van der Waals surface area contributed by atoms with Crippen molar-refractivity contribution in [2.45, 2.75) is 12.5 Å². The van der Waals surface area contributed by atoms with Crippen molar-refractivity contribution in [3.8, 4) is 0 Å². The molecule has 0 bridgehead atoms. The number of hydrogen-bond acceptors (Lipinski definition) is 5. The third-order valence-corrected chi connectivity index (χ3v) is 5.79. The van der Waals surface area contributed by atoms with E-state index in [0.717, 1.165) is 16.5 Å². The van der Waals surface area contributed by atoms with Crippen molar-refractivity contribution in [3.05, 3.63) is 78.2 Å². The van der Waals surface area contributed by atoms with Crippen molar-refractivity contribution < 1.29 is 13.2 Å². The highest BCUT2D eigenvalue weighted by molar-refractivity contribution is 7.90. The fraction of sp³-hybridized carbons (Fsp3) is 0.190. The highest BCUT2D eigenvalue weighted by Gasteiger charge is 2.19. The number of aromatic nitrogens is 4. The molecule has 0 aliphatic rings. The van der Waals surface area contributed by atoms with Gasteiger partial charge in [0.15, 0.2) is 5.69 Å². The van der Waals surface area contributed by atoms with E-state index in [-0.39, 0.29) is 17.7 Å². The van der Waals surface area contributed by atoms with Crippen LogP contribution < -0.4 is 5.32 Å². The molecule has 2 aromatic carbocycles. The maximum atomic E-state index is 12.7. The van der Waals surface area contributed by atoms with E-state index in [1.165, 1.54) is 6.26 Å². The molecule has 0 saturated carbocycles. The van der Waals surface area contributed by atoms with Crippen LogP contribution in [0.4, 0.5) is 5.69 Å². The van der Waals surface area contributed by atoms with E-state index in [9.17, 15) is 13.2 Å². The molecular formula is C21H21N5O3S. The summed E-state index contributed by atoms with van der Waals surface area (Å²) in [6, 6.07) is 16.7. The number of para-hydroxylation sites is 1. The Labute approximate surface area is 173 Å². The molecule has 8 nitrogen and oxygen atoms in total. The number of hydrogen-bond donors (Lipinski definition) is 2. The molecule has 2 aromatic heterocycles. The minimum absolute atomic E-state index is 0.0351. The number of benzene rings is 2. The number of fused-ring (bicyclic) bond motifs is 1. The standard InChI is InChI=1S/C21H21N5O3S/c1-30(28,29)12-11-19(15-7-3-2-4-8-15)26-14-16(13-22-26)23-21(27)20-17-9-5-6-10-18(17)24-25-20/h2-10,13-14,19H,11-12H2,1H3,(H,23,27)(H,24,25). The van der Waals surface area contributed by atoms with Gasteiger partial charge in [0.2, 0.25) is 0 Å². The molecule has 4 aromatic rings. The molecule has 1 amide bonds. The first kappa shape index (κ1) is 19.8. The van der Waals surface area contributed by atoms with E-state index in [2.05, 4.69) is 20.6 Å². The van der Waals surface area contributed by atoms with Crippen LogP contribution in [0, 0.1) is 0 Å². The van der Waals surface area contributed by atoms with Crippen LogP contribution in [0.5, 0.6) is 0 Å². The van der Waals surface area contributed by atoms with Gasteiger partial charge in [0, 0.05) is 17.8 Å². The topological polar surface area (TPSA) is 110 Å². The summed E-state index contributed by atoms with van der Waals surface area (Å²) in [6.45, 7) is 0. The molecule has 1 atom stereocenters. The minimum atomic E-state index is -3.12. The third-order valence-electron chi connectivity index (χ3n) is 4.81. The maximum absolute atomic E-state index is 12.7. The fourth-order valence-corrected chi connectivity index (χ4v) is 4.00. The molecular weight excluding hydrogens is 402 g/mol. The van der Waals surface area contributed by atoms with E-state index in [0.29, 0.717) is 17.8 Å². The van der Waals surface area contributed by atoms with Crippen molar-refractivity contribution in [1.82, 2.24) is 20.0 Å². The van der Waals surface area contributed by atoms with Gasteiger partial charge in [-0.05, 0) is 18.1 Å². The Kier molecular flexibility index (Phi) is 5.37. The van der Waals surface area contributed by atoms with Crippen LogP contribution in [0.2, 0.25) is 0 Å². The van der Waals surface area contributed by atoms with E-state index in [1.54, 1.807) is 17.1 Å².